The van der Waals surface area contributed by atoms with E-state index in [1.807, 2.05) is 0 Å². The van der Waals surface area contributed by atoms with Crippen molar-refractivity contribution < 1.29 is 17.6 Å². The molecule has 20 heavy (non-hydrogen) atoms. The maximum Gasteiger partial charge on any atom is 0.244 e. The molecule has 2 N–H and O–H groups in total. The molecule has 0 radical (unpaired) electrons. The van der Waals surface area contributed by atoms with Gasteiger partial charge in [-0.05, 0) is 26.7 Å². The van der Waals surface area contributed by atoms with Gasteiger partial charge in [-0.2, -0.15) is 0 Å². The van der Waals surface area contributed by atoms with Gasteiger partial charge in [0, 0.05) is 25.8 Å². The summed E-state index contributed by atoms with van der Waals surface area (Å²) in [7, 11) is -2.00. The summed E-state index contributed by atoms with van der Waals surface area (Å²) in [6, 6.07) is 2.14. The van der Waals surface area contributed by atoms with Crippen molar-refractivity contribution in [3.8, 4) is 0 Å². The Kier molecular flexibility index (Phi) is 4.85. The highest BCUT2D eigenvalue weighted by Crippen LogP contribution is 2.22. The largest absolute Gasteiger partial charge is 0.464 e. The normalized spacial score (nSPS) is 17.4. The predicted molar refractivity (Wildman–Crippen MR) is 75.0 cm³/mol. The van der Waals surface area contributed by atoms with Crippen molar-refractivity contribution in [1.29, 1.82) is 0 Å². The van der Waals surface area contributed by atoms with E-state index in [-0.39, 0.29) is 17.5 Å². The Morgan fingerprint density at radius 1 is 1.50 bits per heavy atom. The van der Waals surface area contributed by atoms with Crippen LogP contribution < -0.4 is 10.0 Å². The van der Waals surface area contributed by atoms with E-state index in [1.165, 1.54) is 12.8 Å². The SMILES string of the molecule is COC(C)CNS(=O)(=O)c1cc(CNC2CC2)oc1C. The molecular weight excluding hydrogens is 280 g/mol. The zero-order chi connectivity index (χ0) is 14.8. The molecule has 1 unspecified atom stereocenters. The van der Waals surface area contributed by atoms with Gasteiger partial charge in [0.15, 0.2) is 0 Å². The minimum absolute atomic E-state index is 0.173. The van der Waals surface area contributed by atoms with Crippen LogP contribution in [0.15, 0.2) is 15.4 Å². The van der Waals surface area contributed by atoms with Crippen molar-refractivity contribution in [3.63, 3.8) is 0 Å². The van der Waals surface area contributed by atoms with Crippen LogP contribution in [-0.2, 0) is 21.3 Å². The van der Waals surface area contributed by atoms with E-state index >= 15 is 0 Å². The Hall–Kier alpha value is -0.890. The summed E-state index contributed by atoms with van der Waals surface area (Å²) in [6.07, 6.45) is 2.19. The van der Waals surface area contributed by atoms with Crippen LogP contribution in [0.4, 0.5) is 0 Å². The lowest BCUT2D eigenvalue weighted by atomic mass is 10.4. The number of aryl methyl sites for hydroxylation is 1. The average molecular weight is 302 g/mol. The van der Waals surface area contributed by atoms with Gasteiger partial charge in [0.2, 0.25) is 10.0 Å². The lowest BCUT2D eigenvalue weighted by Crippen LogP contribution is -2.31. The number of nitrogens with one attached hydrogen (secondary N) is 2. The number of ether oxygens (including phenoxy) is 1. The summed E-state index contributed by atoms with van der Waals surface area (Å²) in [6.45, 7) is 4.26. The van der Waals surface area contributed by atoms with Gasteiger partial charge >= 0.3 is 0 Å². The topological polar surface area (TPSA) is 80.6 Å². The second kappa shape index (κ2) is 6.26. The minimum Gasteiger partial charge on any atom is -0.464 e. The summed E-state index contributed by atoms with van der Waals surface area (Å²) in [4.78, 5) is 0.202. The van der Waals surface area contributed by atoms with E-state index in [2.05, 4.69) is 10.0 Å². The maximum absolute atomic E-state index is 12.2. The quantitative estimate of drug-likeness (QED) is 0.753. The van der Waals surface area contributed by atoms with Crippen LogP contribution in [0, 0.1) is 6.92 Å². The van der Waals surface area contributed by atoms with Crippen LogP contribution in [0.1, 0.15) is 31.3 Å². The standard InChI is InChI=1S/C13H22N2O4S/c1-9(18-3)7-15-20(16,17)13-6-12(19-10(13)2)8-14-11-4-5-11/h6,9,11,14-15H,4-5,7-8H2,1-3H3. The maximum atomic E-state index is 12.2. The number of hydrogen-bond acceptors (Lipinski definition) is 5. The first-order valence-electron chi connectivity index (χ1n) is 6.77. The van der Waals surface area contributed by atoms with Crippen LogP contribution in [0.25, 0.3) is 0 Å². The molecule has 1 atom stereocenters. The Bertz CT molecular complexity index is 549. The number of methoxy groups -OCH3 is 1. The Labute approximate surface area is 119 Å². The third-order valence-corrected chi connectivity index (χ3v) is 4.85. The highest BCUT2D eigenvalue weighted by atomic mass is 32.2. The van der Waals surface area contributed by atoms with Crippen molar-refractivity contribution in [2.75, 3.05) is 13.7 Å². The van der Waals surface area contributed by atoms with Crippen LogP contribution >= 0.6 is 0 Å². The summed E-state index contributed by atoms with van der Waals surface area (Å²) in [5.41, 5.74) is 0. The molecule has 0 bridgehead atoms. The zero-order valence-electron chi connectivity index (χ0n) is 12.1. The average Bonchev–Trinajstić information content (AvgIpc) is 3.16. The van der Waals surface area contributed by atoms with E-state index in [0.717, 1.165) is 0 Å². The highest BCUT2D eigenvalue weighted by molar-refractivity contribution is 7.89. The fraction of sp³-hybridized carbons (Fsp3) is 0.692. The lowest BCUT2D eigenvalue weighted by molar-refractivity contribution is 0.122. The molecule has 1 fully saturated rings. The monoisotopic (exact) mass is 302 g/mol. The number of furan rings is 1. The van der Waals surface area contributed by atoms with Crippen LogP contribution in [-0.4, -0.2) is 34.2 Å². The Morgan fingerprint density at radius 3 is 2.80 bits per heavy atom. The Balaban J connectivity index is 2.01. The van der Waals surface area contributed by atoms with Crippen LogP contribution in [0.2, 0.25) is 0 Å². The first-order valence-corrected chi connectivity index (χ1v) is 8.26. The molecular formula is C13H22N2O4S. The molecule has 0 aromatic carbocycles. The fourth-order valence-corrected chi connectivity index (χ4v) is 3.12. The molecule has 1 aromatic rings. The van der Waals surface area contributed by atoms with Crippen molar-refractivity contribution in [2.45, 2.75) is 50.3 Å². The molecule has 0 saturated heterocycles. The molecule has 1 saturated carbocycles. The Morgan fingerprint density at radius 2 is 2.20 bits per heavy atom. The smallest absolute Gasteiger partial charge is 0.244 e. The number of hydrogen-bond donors (Lipinski definition) is 2. The summed E-state index contributed by atoms with van der Waals surface area (Å²) in [5.74, 6) is 1.06. The lowest BCUT2D eigenvalue weighted by Gasteiger charge is -2.10. The molecule has 114 valence electrons. The molecule has 1 aromatic heterocycles. The van der Waals surface area contributed by atoms with Gasteiger partial charge in [-0.3, -0.25) is 0 Å². The molecule has 2 rings (SSSR count). The third kappa shape index (κ3) is 4.05. The van der Waals surface area contributed by atoms with Gasteiger partial charge in [-0.15, -0.1) is 0 Å². The number of sulfonamides is 1. The fourth-order valence-electron chi connectivity index (χ4n) is 1.80. The molecule has 0 spiro atoms. The van der Waals surface area contributed by atoms with Gasteiger partial charge in [0.1, 0.15) is 16.4 Å². The van der Waals surface area contributed by atoms with Crippen molar-refractivity contribution in [3.05, 3.63) is 17.6 Å². The second-order valence-electron chi connectivity index (χ2n) is 5.19. The van der Waals surface area contributed by atoms with E-state index in [9.17, 15) is 8.42 Å². The van der Waals surface area contributed by atoms with Crippen molar-refractivity contribution in [2.24, 2.45) is 0 Å². The van der Waals surface area contributed by atoms with Crippen LogP contribution in [0.5, 0.6) is 0 Å². The summed E-state index contributed by atoms with van der Waals surface area (Å²) in [5, 5.41) is 3.30. The molecule has 1 aliphatic carbocycles. The minimum atomic E-state index is -3.55. The van der Waals surface area contributed by atoms with E-state index in [0.29, 0.717) is 24.1 Å². The summed E-state index contributed by atoms with van der Waals surface area (Å²) >= 11 is 0. The predicted octanol–water partition coefficient (Wildman–Crippen LogP) is 1.15. The first kappa shape index (κ1) is 15.5. The van der Waals surface area contributed by atoms with E-state index in [4.69, 9.17) is 9.15 Å². The van der Waals surface area contributed by atoms with Gasteiger partial charge in [0.05, 0.1) is 12.6 Å². The molecule has 1 aliphatic rings. The van der Waals surface area contributed by atoms with E-state index < -0.39 is 10.0 Å². The molecule has 1 heterocycles. The van der Waals surface area contributed by atoms with Gasteiger partial charge in [0.25, 0.3) is 0 Å². The highest BCUT2D eigenvalue weighted by Gasteiger charge is 2.24. The first-order chi connectivity index (χ1) is 9.42. The second-order valence-corrected chi connectivity index (χ2v) is 6.92. The van der Waals surface area contributed by atoms with Gasteiger partial charge in [-0.25, -0.2) is 13.1 Å². The van der Waals surface area contributed by atoms with Crippen molar-refractivity contribution >= 4 is 10.0 Å². The molecule has 0 aliphatic heterocycles. The van der Waals surface area contributed by atoms with Gasteiger partial charge < -0.3 is 14.5 Å². The van der Waals surface area contributed by atoms with Crippen LogP contribution in [0.3, 0.4) is 0 Å². The van der Waals surface area contributed by atoms with Crippen molar-refractivity contribution in [1.82, 2.24) is 10.0 Å². The van der Waals surface area contributed by atoms with Gasteiger partial charge in [-0.1, -0.05) is 0 Å². The molecule has 0 amide bonds. The van der Waals surface area contributed by atoms with E-state index in [1.54, 1.807) is 27.0 Å². The third-order valence-electron chi connectivity index (χ3n) is 3.32. The summed E-state index contributed by atoms with van der Waals surface area (Å²) < 4.78 is 37.4. The zero-order valence-corrected chi connectivity index (χ0v) is 12.9. The molecule has 6 nitrogen and oxygen atoms in total. The molecule has 7 heteroatoms. The number of rotatable bonds is 8.